The van der Waals surface area contributed by atoms with E-state index in [-0.39, 0.29) is 24.1 Å². The van der Waals surface area contributed by atoms with Gasteiger partial charge < -0.3 is 10.4 Å². The smallest absolute Gasteiger partial charge is 0.271 e. The molecule has 22 heavy (non-hydrogen) atoms. The van der Waals surface area contributed by atoms with Crippen LogP contribution in [-0.4, -0.2) is 34.1 Å². The van der Waals surface area contributed by atoms with Gasteiger partial charge in [-0.1, -0.05) is 28.1 Å². The van der Waals surface area contributed by atoms with Gasteiger partial charge in [-0.2, -0.15) is 0 Å². The van der Waals surface area contributed by atoms with Crippen LogP contribution in [0, 0.1) is 12.8 Å². The molecule has 2 N–H and O–H groups in total. The maximum absolute atomic E-state index is 12.0. The normalized spacial score (nSPS) is 12.0. The Balaban J connectivity index is 1.90. The average Bonchev–Trinajstić information content (AvgIpc) is 2.52. The first kappa shape index (κ1) is 16.6. The third kappa shape index (κ3) is 4.89. The lowest BCUT2D eigenvalue weighted by molar-refractivity contribution is 0.0934. The summed E-state index contributed by atoms with van der Waals surface area (Å²) in [5.74, 6) is -0.322. The monoisotopic (exact) mass is 363 g/mol. The maximum Gasteiger partial charge on any atom is 0.271 e. The van der Waals surface area contributed by atoms with Gasteiger partial charge in [0.25, 0.3) is 5.91 Å². The summed E-state index contributed by atoms with van der Waals surface area (Å²) in [6.07, 6.45) is 3.70. The Bertz CT molecular complexity index is 632. The molecule has 0 saturated carbocycles. The molecule has 0 spiro atoms. The molecule has 1 aromatic heterocycles. The van der Waals surface area contributed by atoms with Crippen LogP contribution in [0.1, 0.15) is 21.7 Å². The van der Waals surface area contributed by atoms with Crippen LogP contribution < -0.4 is 5.32 Å². The van der Waals surface area contributed by atoms with E-state index in [2.05, 4.69) is 31.2 Å². The number of hydrogen-bond acceptors (Lipinski definition) is 4. The molecule has 5 nitrogen and oxygen atoms in total. The van der Waals surface area contributed by atoms with Crippen molar-refractivity contribution in [3.63, 3.8) is 0 Å². The molecule has 6 heteroatoms. The van der Waals surface area contributed by atoms with Gasteiger partial charge in [0.1, 0.15) is 5.69 Å². The van der Waals surface area contributed by atoms with E-state index in [1.54, 1.807) is 6.20 Å². The molecule has 2 aromatic rings. The van der Waals surface area contributed by atoms with Crippen LogP contribution in [-0.2, 0) is 6.42 Å². The zero-order chi connectivity index (χ0) is 15.9. The van der Waals surface area contributed by atoms with E-state index in [1.165, 1.54) is 6.20 Å². The fourth-order valence-corrected chi connectivity index (χ4v) is 2.48. The molecule has 2 rings (SSSR count). The average molecular weight is 364 g/mol. The molecule has 0 aliphatic rings. The lowest BCUT2D eigenvalue weighted by atomic mass is 10.00. The van der Waals surface area contributed by atoms with E-state index in [1.807, 2.05) is 31.2 Å². The van der Waals surface area contributed by atoms with E-state index in [4.69, 9.17) is 0 Å². The Hall–Kier alpha value is -1.79. The SMILES string of the molecule is Cc1cnc(C(=O)NC[C@@H](CO)Cc2cccc(Br)c2)cn1. The number of aromatic nitrogens is 2. The zero-order valence-electron chi connectivity index (χ0n) is 12.3. The molecule has 0 bridgehead atoms. The standard InChI is InChI=1S/C16H18BrN3O2/c1-11-7-19-15(9-18-11)16(22)20-8-13(10-21)5-12-3-2-4-14(17)6-12/h2-4,6-7,9,13,21H,5,8,10H2,1H3,(H,20,22)/t13-/m0/s1. The number of aliphatic hydroxyl groups is 1. The number of halogens is 1. The predicted molar refractivity (Wildman–Crippen MR) is 87.5 cm³/mol. The van der Waals surface area contributed by atoms with Crippen molar-refractivity contribution in [3.8, 4) is 0 Å². The summed E-state index contributed by atoms with van der Waals surface area (Å²) in [5, 5.41) is 12.3. The summed E-state index contributed by atoms with van der Waals surface area (Å²) < 4.78 is 1.00. The van der Waals surface area contributed by atoms with E-state index in [0.717, 1.165) is 15.7 Å². The van der Waals surface area contributed by atoms with Crippen molar-refractivity contribution >= 4 is 21.8 Å². The molecular weight excluding hydrogens is 346 g/mol. The molecule has 1 aromatic carbocycles. The fraction of sp³-hybridized carbons (Fsp3) is 0.312. The molecule has 0 unspecified atom stereocenters. The van der Waals surface area contributed by atoms with Gasteiger partial charge in [0.2, 0.25) is 0 Å². The van der Waals surface area contributed by atoms with Gasteiger partial charge in [-0.15, -0.1) is 0 Å². The van der Waals surface area contributed by atoms with Gasteiger partial charge in [0.15, 0.2) is 0 Å². The molecule has 1 amide bonds. The van der Waals surface area contributed by atoms with Gasteiger partial charge in [-0.05, 0) is 31.0 Å². The third-order valence-electron chi connectivity index (χ3n) is 3.24. The molecule has 0 saturated heterocycles. The number of benzene rings is 1. The number of nitrogens with one attached hydrogen (secondary N) is 1. The summed E-state index contributed by atoms with van der Waals surface area (Å²) in [5.41, 5.74) is 2.15. The van der Waals surface area contributed by atoms with E-state index in [0.29, 0.717) is 13.0 Å². The Morgan fingerprint density at radius 1 is 1.36 bits per heavy atom. The lowest BCUT2D eigenvalue weighted by Gasteiger charge is -2.15. The molecule has 0 aliphatic carbocycles. The van der Waals surface area contributed by atoms with Gasteiger partial charge in [-0.25, -0.2) is 4.98 Å². The quantitative estimate of drug-likeness (QED) is 0.824. The Morgan fingerprint density at radius 3 is 2.82 bits per heavy atom. The van der Waals surface area contributed by atoms with Crippen molar-refractivity contribution in [2.24, 2.45) is 5.92 Å². The molecule has 1 heterocycles. The number of aliphatic hydroxyl groups excluding tert-OH is 1. The topological polar surface area (TPSA) is 75.1 Å². The van der Waals surface area contributed by atoms with Crippen molar-refractivity contribution in [1.29, 1.82) is 0 Å². The first-order valence-corrected chi connectivity index (χ1v) is 7.80. The van der Waals surface area contributed by atoms with Gasteiger partial charge in [0.05, 0.1) is 11.9 Å². The van der Waals surface area contributed by atoms with E-state index >= 15 is 0 Å². The Labute approximate surface area is 137 Å². The highest BCUT2D eigenvalue weighted by Crippen LogP contribution is 2.15. The van der Waals surface area contributed by atoms with Crippen LogP contribution in [0.25, 0.3) is 0 Å². The second-order valence-corrected chi connectivity index (χ2v) is 6.05. The van der Waals surface area contributed by atoms with Crippen LogP contribution in [0.4, 0.5) is 0 Å². The number of rotatable bonds is 6. The number of carbonyl (C=O) groups excluding carboxylic acids is 1. The third-order valence-corrected chi connectivity index (χ3v) is 3.73. The Morgan fingerprint density at radius 2 is 2.18 bits per heavy atom. The van der Waals surface area contributed by atoms with Gasteiger partial charge in [0, 0.05) is 29.7 Å². The van der Waals surface area contributed by atoms with Crippen LogP contribution in [0.3, 0.4) is 0 Å². The van der Waals surface area contributed by atoms with Crippen LogP contribution in [0.5, 0.6) is 0 Å². The summed E-state index contributed by atoms with van der Waals surface area (Å²) in [7, 11) is 0. The molecule has 116 valence electrons. The van der Waals surface area contributed by atoms with Gasteiger partial charge in [-0.3, -0.25) is 9.78 Å². The van der Waals surface area contributed by atoms with E-state index < -0.39 is 0 Å². The minimum atomic E-state index is -0.278. The second-order valence-electron chi connectivity index (χ2n) is 5.14. The summed E-state index contributed by atoms with van der Waals surface area (Å²) in [6.45, 7) is 2.21. The Kier molecular flexibility index (Phi) is 6.03. The van der Waals surface area contributed by atoms with Crippen molar-refractivity contribution in [3.05, 3.63) is 58.1 Å². The number of aryl methyl sites for hydroxylation is 1. The predicted octanol–water partition coefficient (Wildman–Crippen LogP) is 2.13. The van der Waals surface area contributed by atoms with Gasteiger partial charge >= 0.3 is 0 Å². The minimum absolute atomic E-state index is 0.00632. The number of amides is 1. The first-order chi connectivity index (χ1) is 10.6. The first-order valence-electron chi connectivity index (χ1n) is 7.00. The van der Waals surface area contributed by atoms with Crippen molar-refractivity contribution < 1.29 is 9.90 Å². The minimum Gasteiger partial charge on any atom is -0.396 e. The van der Waals surface area contributed by atoms with Crippen molar-refractivity contribution in [2.45, 2.75) is 13.3 Å². The van der Waals surface area contributed by atoms with E-state index in [9.17, 15) is 9.90 Å². The van der Waals surface area contributed by atoms with Crippen LogP contribution in [0.15, 0.2) is 41.1 Å². The zero-order valence-corrected chi connectivity index (χ0v) is 13.9. The maximum atomic E-state index is 12.0. The fourth-order valence-electron chi connectivity index (χ4n) is 2.04. The molecule has 0 radical (unpaired) electrons. The summed E-state index contributed by atoms with van der Waals surface area (Å²) in [6, 6.07) is 7.92. The highest BCUT2D eigenvalue weighted by atomic mass is 79.9. The number of hydrogen-bond donors (Lipinski definition) is 2. The largest absolute Gasteiger partial charge is 0.396 e. The number of carbonyl (C=O) groups is 1. The summed E-state index contributed by atoms with van der Waals surface area (Å²) in [4.78, 5) is 20.1. The molecule has 0 fully saturated rings. The summed E-state index contributed by atoms with van der Waals surface area (Å²) >= 11 is 3.43. The highest BCUT2D eigenvalue weighted by Gasteiger charge is 2.13. The van der Waals surface area contributed by atoms with Crippen LogP contribution in [0.2, 0.25) is 0 Å². The van der Waals surface area contributed by atoms with Crippen LogP contribution >= 0.6 is 15.9 Å². The van der Waals surface area contributed by atoms with Crippen molar-refractivity contribution in [2.75, 3.05) is 13.2 Å². The molecule has 0 aliphatic heterocycles. The number of nitrogens with zero attached hydrogens (tertiary/aromatic N) is 2. The highest BCUT2D eigenvalue weighted by molar-refractivity contribution is 9.10. The lowest BCUT2D eigenvalue weighted by Crippen LogP contribution is -2.32. The molecular formula is C16H18BrN3O2. The van der Waals surface area contributed by atoms with Crippen molar-refractivity contribution in [1.82, 2.24) is 15.3 Å². The molecule has 1 atom stereocenters. The second kappa shape index (κ2) is 8.00.